The summed E-state index contributed by atoms with van der Waals surface area (Å²) in [4.78, 5) is 9.44. The molecule has 0 aromatic carbocycles. The standard InChI is InChI=1S/C7H16O2.C3H6O/c1-4-7(8-5-2)9-6-3;1-3(2)4/h7H,4-6H2,1-3H3;1-2H3. The van der Waals surface area contributed by atoms with Crippen LogP contribution in [-0.2, 0) is 14.3 Å². The summed E-state index contributed by atoms with van der Waals surface area (Å²) in [5.74, 6) is 0.167. The molecular weight excluding hydrogens is 168 g/mol. The zero-order valence-electron chi connectivity index (χ0n) is 9.42. The van der Waals surface area contributed by atoms with Crippen LogP contribution in [0.4, 0.5) is 0 Å². The minimum atomic E-state index is 0.0139. The normalized spacial score (nSPS) is 9.38. The van der Waals surface area contributed by atoms with Crippen molar-refractivity contribution in [1.82, 2.24) is 0 Å². The van der Waals surface area contributed by atoms with E-state index in [2.05, 4.69) is 6.92 Å². The van der Waals surface area contributed by atoms with Crippen LogP contribution >= 0.6 is 0 Å². The minimum absolute atomic E-state index is 0.0139. The fraction of sp³-hybridized carbons (Fsp3) is 0.900. The van der Waals surface area contributed by atoms with Crippen molar-refractivity contribution in [3.8, 4) is 0 Å². The molecule has 0 atom stereocenters. The molecule has 0 aliphatic rings. The lowest BCUT2D eigenvalue weighted by Crippen LogP contribution is -2.15. The maximum atomic E-state index is 9.44. The Hall–Kier alpha value is -0.410. The van der Waals surface area contributed by atoms with Crippen molar-refractivity contribution in [1.29, 1.82) is 0 Å². The fourth-order valence-electron chi connectivity index (χ4n) is 0.656. The third-order valence-corrected chi connectivity index (χ3v) is 1.04. The van der Waals surface area contributed by atoms with E-state index >= 15 is 0 Å². The SMILES string of the molecule is CC(C)=O.CCOC(CC)OCC. The van der Waals surface area contributed by atoms with E-state index in [9.17, 15) is 4.79 Å². The van der Waals surface area contributed by atoms with E-state index < -0.39 is 0 Å². The molecule has 0 saturated heterocycles. The molecular formula is C10H22O3. The van der Waals surface area contributed by atoms with Gasteiger partial charge in [0.1, 0.15) is 5.78 Å². The van der Waals surface area contributed by atoms with E-state index in [1.807, 2.05) is 13.8 Å². The highest BCUT2D eigenvalue weighted by atomic mass is 16.7. The predicted octanol–water partition coefficient (Wildman–Crippen LogP) is 2.39. The summed E-state index contributed by atoms with van der Waals surface area (Å²) in [5.41, 5.74) is 0. The van der Waals surface area contributed by atoms with Crippen molar-refractivity contribution in [2.24, 2.45) is 0 Å². The second-order valence-corrected chi connectivity index (χ2v) is 2.66. The van der Waals surface area contributed by atoms with Gasteiger partial charge in [-0.25, -0.2) is 0 Å². The first kappa shape index (κ1) is 15.1. The Kier molecular flexibility index (Phi) is 13.4. The van der Waals surface area contributed by atoms with Crippen LogP contribution in [0.5, 0.6) is 0 Å². The van der Waals surface area contributed by atoms with Gasteiger partial charge in [-0.15, -0.1) is 0 Å². The number of carbonyl (C=O) groups excluding carboxylic acids is 1. The molecule has 3 nitrogen and oxygen atoms in total. The zero-order valence-corrected chi connectivity index (χ0v) is 9.42. The summed E-state index contributed by atoms with van der Waals surface area (Å²) < 4.78 is 10.4. The molecule has 0 heterocycles. The summed E-state index contributed by atoms with van der Waals surface area (Å²) in [6.07, 6.45) is 0.946. The molecule has 0 aromatic rings. The molecule has 0 radical (unpaired) electrons. The lowest BCUT2D eigenvalue weighted by atomic mass is 10.5. The molecule has 80 valence electrons. The number of carbonyl (C=O) groups is 1. The van der Waals surface area contributed by atoms with Gasteiger partial charge in [0.2, 0.25) is 0 Å². The van der Waals surface area contributed by atoms with Gasteiger partial charge in [0.05, 0.1) is 0 Å². The summed E-state index contributed by atoms with van der Waals surface area (Å²) in [5, 5.41) is 0. The molecule has 0 aliphatic heterocycles. The molecule has 0 aliphatic carbocycles. The van der Waals surface area contributed by atoms with Gasteiger partial charge in [0.15, 0.2) is 6.29 Å². The van der Waals surface area contributed by atoms with E-state index in [4.69, 9.17) is 9.47 Å². The van der Waals surface area contributed by atoms with Gasteiger partial charge in [-0.05, 0) is 34.1 Å². The Labute approximate surface area is 81.4 Å². The molecule has 0 spiro atoms. The lowest BCUT2D eigenvalue weighted by molar-refractivity contribution is -0.136. The second kappa shape index (κ2) is 11.6. The third kappa shape index (κ3) is 18.5. The third-order valence-electron chi connectivity index (χ3n) is 1.04. The second-order valence-electron chi connectivity index (χ2n) is 2.66. The van der Waals surface area contributed by atoms with Crippen LogP contribution in [-0.4, -0.2) is 25.3 Å². The molecule has 0 bridgehead atoms. The maximum Gasteiger partial charge on any atom is 0.157 e. The first-order valence-electron chi connectivity index (χ1n) is 4.78. The van der Waals surface area contributed by atoms with Crippen LogP contribution in [0, 0.1) is 0 Å². The first-order chi connectivity index (χ1) is 6.08. The molecule has 0 unspecified atom stereocenters. The Bertz CT molecular complexity index is 103. The van der Waals surface area contributed by atoms with Crippen LogP contribution in [0.2, 0.25) is 0 Å². The molecule has 0 amide bonds. The summed E-state index contributed by atoms with van der Waals surface area (Å²) in [6, 6.07) is 0. The van der Waals surface area contributed by atoms with Gasteiger partial charge < -0.3 is 14.3 Å². The Balaban J connectivity index is 0. The van der Waals surface area contributed by atoms with Gasteiger partial charge in [-0.1, -0.05) is 6.92 Å². The quantitative estimate of drug-likeness (QED) is 0.624. The van der Waals surface area contributed by atoms with Crippen molar-refractivity contribution in [2.45, 2.75) is 47.3 Å². The maximum absolute atomic E-state index is 9.44. The van der Waals surface area contributed by atoms with Crippen LogP contribution in [0.25, 0.3) is 0 Å². The van der Waals surface area contributed by atoms with E-state index in [1.54, 1.807) is 0 Å². The average molecular weight is 190 g/mol. The number of ether oxygens (including phenoxy) is 2. The summed E-state index contributed by atoms with van der Waals surface area (Å²) in [7, 11) is 0. The van der Waals surface area contributed by atoms with E-state index in [0.717, 1.165) is 19.6 Å². The zero-order chi connectivity index (χ0) is 10.7. The van der Waals surface area contributed by atoms with Crippen molar-refractivity contribution in [3.05, 3.63) is 0 Å². The number of hydrogen-bond donors (Lipinski definition) is 0. The van der Waals surface area contributed by atoms with Gasteiger partial charge in [-0.2, -0.15) is 0 Å². The highest BCUT2D eigenvalue weighted by Crippen LogP contribution is 1.98. The molecule has 0 rings (SSSR count). The number of hydrogen-bond acceptors (Lipinski definition) is 3. The van der Waals surface area contributed by atoms with Gasteiger partial charge >= 0.3 is 0 Å². The molecule has 3 heteroatoms. The van der Waals surface area contributed by atoms with Crippen molar-refractivity contribution in [2.75, 3.05) is 13.2 Å². The highest BCUT2D eigenvalue weighted by molar-refractivity contribution is 5.72. The molecule has 0 saturated carbocycles. The Morgan fingerprint density at radius 2 is 1.38 bits per heavy atom. The van der Waals surface area contributed by atoms with Crippen LogP contribution in [0.1, 0.15) is 41.0 Å². The van der Waals surface area contributed by atoms with Gasteiger partial charge in [0, 0.05) is 13.2 Å². The molecule has 0 N–H and O–H groups in total. The van der Waals surface area contributed by atoms with Crippen molar-refractivity contribution < 1.29 is 14.3 Å². The Morgan fingerprint density at radius 3 is 1.54 bits per heavy atom. The predicted molar refractivity (Wildman–Crippen MR) is 53.7 cm³/mol. The molecule has 0 aromatic heterocycles. The minimum Gasteiger partial charge on any atom is -0.353 e. The van der Waals surface area contributed by atoms with E-state index in [0.29, 0.717) is 0 Å². The van der Waals surface area contributed by atoms with E-state index in [-0.39, 0.29) is 12.1 Å². The Morgan fingerprint density at radius 1 is 1.08 bits per heavy atom. The van der Waals surface area contributed by atoms with Gasteiger partial charge in [-0.3, -0.25) is 0 Å². The van der Waals surface area contributed by atoms with Crippen molar-refractivity contribution in [3.63, 3.8) is 0 Å². The molecule has 0 fully saturated rings. The van der Waals surface area contributed by atoms with Crippen LogP contribution < -0.4 is 0 Å². The van der Waals surface area contributed by atoms with E-state index in [1.165, 1.54) is 13.8 Å². The molecule has 13 heavy (non-hydrogen) atoms. The lowest BCUT2D eigenvalue weighted by Gasteiger charge is -2.13. The monoisotopic (exact) mass is 190 g/mol. The topological polar surface area (TPSA) is 35.5 Å². The smallest absolute Gasteiger partial charge is 0.157 e. The fourth-order valence-corrected chi connectivity index (χ4v) is 0.656. The van der Waals surface area contributed by atoms with Crippen LogP contribution in [0.15, 0.2) is 0 Å². The summed E-state index contributed by atoms with van der Waals surface area (Å²) in [6.45, 7) is 10.5. The first-order valence-corrected chi connectivity index (χ1v) is 4.78. The van der Waals surface area contributed by atoms with Crippen molar-refractivity contribution >= 4 is 5.78 Å². The summed E-state index contributed by atoms with van der Waals surface area (Å²) >= 11 is 0. The number of rotatable bonds is 5. The van der Waals surface area contributed by atoms with Crippen LogP contribution in [0.3, 0.4) is 0 Å². The van der Waals surface area contributed by atoms with Gasteiger partial charge in [0.25, 0.3) is 0 Å². The number of ketones is 1. The highest BCUT2D eigenvalue weighted by Gasteiger charge is 2.01. The largest absolute Gasteiger partial charge is 0.353 e. The number of Topliss-reactive ketones (excluding diaryl/α,β-unsaturated/α-hetero) is 1. The average Bonchev–Trinajstić information content (AvgIpc) is 2.03.